The summed E-state index contributed by atoms with van der Waals surface area (Å²) >= 11 is 3.87. The van der Waals surface area contributed by atoms with Crippen LogP contribution in [0, 0.1) is 0 Å². The fourth-order valence-electron chi connectivity index (χ4n) is 0.462. The zero-order valence-electron chi connectivity index (χ0n) is 5.98. The van der Waals surface area contributed by atoms with Gasteiger partial charge < -0.3 is 5.11 Å². The smallest absolute Gasteiger partial charge is 0.321 e. The van der Waals surface area contributed by atoms with E-state index in [1.165, 1.54) is 0 Å². The van der Waals surface area contributed by atoms with Gasteiger partial charge in [0.2, 0.25) is 0 Å². The van der Waals surface area contributed by atoms with E-state index in [0.717, 1.165) is 0 Å². The standard InChI is InChI=1S/C5H11NO2S.Sb/c1-6(2)4(3-9)5(7)8;/h4,9H,3H2,1-2H3,(H,7,8);/t4-;/m0./s1. The molecule has 0 heterocycles. The monoisotopic (exact) mass is 270 g/mol. The Bertz CT molecular complexity index is 110. The summed E-state index contributed by atoms with van der Waals surface area (Å²) in [6.07, 6.45) is 0. The summed E-state index contributed by atoms with van der Waals surface area (Å²) in [5.74, 6) is -0.475. The molecule has 59 valence electrons. The van der Waals surface area contributed by atoms with Gasteiger partial charge in [-0.15, -0.1) is 0 Å². The van der Waals surface area contributed by atoms with Crippen LogP contribution in [0.15, 0.2) is 0 Å². The van der Waals surface area contributed by atoms with Crippen molar-refractivity contribution < 1.29 is 9.90 Å². The first-order chi connectivity index (χ1) is 4.09. The Morgan fingerprint density at radius 3 is 2.10 bits per heavy atom. The van der Waals surface area contributed by atoms with Crippen LogP contribution in [0.25, 0.3) is 0 Å². The van der Waals surface area contributed by atoms with Gasteiger partial charge >= 0.3 is 5.97 Å². The number of nitrogens with zero attached hydrogens (tertiary/aromatic N) is 1. The maximum absolute atomic E-state index is 10.3. The zero-order chi connectivity index (χ0) is 7.44. The summed E-state index contributed by atoms with van der Waals surface area (Å²) in [5.41, 5.74) is 0. The van der Waals surface area contributed by atoms with E-state index in [2.05, 4.69) is 12.6 Å². The second-order valence-electron chi connectivity index (χ2n) is 2.00. The van der Waals surface area contributed by atoms with Crippen molar-refractivity contribution in [3.8, 4) is 0 Å². The minimum Gasteiger partial charge on any atom is -0.480 e. The second-order valence-corrected chi connectivity index (χ2v) is 2.37. The van der Waals surface area contributed by atoms with Crippen molar-refractivity contribution in [1.29, 1.82) is 0 Å². The summed E-state index contributed by atoms with van der Waals surface area (Å²) in [5, 5.41) is 8.45. The van der Waals surface area contributed by atoms with Crippen LogP contribution in [0.2, 0.25) is 0 Å². The van der Waals surface area contributed by atoms with Crippen molar-refractivity contribution in [2.75, 3.05) is 19.8 Å². The molecule has 0 aromatic carbocycles. The molecule has 0 amide bonds. The Labute approximate surface area is 83.6 Å². The van der Waals surface area contributed by atoms with Gasteiger partial charge in [-0.1, -0.05) is 0 Å². The third kappa shape index (κ3) is 4.42. The van der Waals surface area contributed by atoms with Crippen LogP contribution < -0.4 is 0 Å². The number of aliphatic carboxylic acids is 1. The Hall–Kier alpha value is 0.598. The molecule has 0 spiro atoms. The molecular formula is C5H11NO2SSb. The van der Waals surface area contributed by atoms with Crippen LogP contribution in [-0.4, -0.2) is 66.3 Å². The van der Waals surface area contributed by atoms with E-state index in [-0.39, 0.29) is 24.4 Å². The van der Waals surface area contributed by atoms with Gasteiger partial charge in [-0.25, -0.2) is 0 Å². The third-order valence-corrected chi connectivity index (χ3v) is 1.43. The molecule has 3 nitrogen and oxygen atoms in total. The van der Waals surface area contributed by atoms with Crippen molar-refractivity contribution in [3.63, 3.8) is 0 Å². The van der Waals surface area contributed by atoms with Crippen molar-refractivity contribution in [2.45, 2.75) is 6.04 Å². The molecule has 5 heteroatoms. The fraction of sp³-hybridized carbons (Fsp3) is 0.800. The van der Waals surface area contributed by atoms with E-state index in [9.17, 15) is 4.79 Å². The van der Waals surface area contributed by atoms with Gasteiger partial charge in [-0.3, -0.25) is 9.69 Å². The summed E-state index contributed by atoms with van der Waals surface area (Å²) in [7, 11) is 3.43. The molecule has 0 aromatic heterocycles. The minimum atomic E-state index is -0.824. The quantitative estimate of drug-likeness (QED) is 0.539. The van der Waals surface area contributed by atoms with Crippen LogP contribution in [0.1, 0.15) is 0 Å². The van der Waals surface area contributed by atoms with Gasteiger partial charge in [0.15, 0.2) is 0 Å². The molecule has 0 aromatic rings. The predicted molar refractivity (Wildman–Crippen MR) is 44.7 cm³/mol. The van der Waals surface area contributed by atoms with E-state index in [1.54, 1.807) is 19.0 Å². The average molecular weight is 271 g/mol. The van der Waals surface area contributed by atoms with E-state index < -0.39 is 12.0 Å². The summed E-state index contributed by atoms with van der Waals surface area (Å²) < 4.78 is 0. The van der Waals surface area contributed by atoms with Crippen LogP contribution in [0.4, 0.5) is 0 Å². The molecule has 0 fully saturated rings. The summed E-state index contributed by atoms with van der Waals surface area (Å²) in [6.45, 7) is 0. The number of carboxylic acid groups (broad SMARTS) is 1. The van der Waals surface area contributed by atoms with Gasteiger partial charge in [0.05, 0.1) is 0 Å². The first-order valence-corrected chi connectivity index (χ1v) is 3.23. The second kappa shape index (κ2) is 6.32. The molecule has 0 unspecified atom stereocenters. The van der Waals surface area contributed by atoms with Gasteiger partial charge in [0, 0.05) is 30.2 Å². The van der Waals surface area contributed by atoms with Crippen molar-refractivity contribution in [1.82, 2.24) is 4.90 Å². The first kappa shape index (κ1) is 13.2. The molecule has 0 saturated heterocycles. The summed E-state index contributed by atoms with van der Waals surface area (Å²) in [6, 6.07) is -0.465. The van der Waals surface area contributed by atoms with E-state index in [0.29, 0.717) is 5.75 Å². The van der Waals surface area contributed by atoms with Crippen LogP contribution in [0.5, 0.6) is 0 Å². The number of carbonyl (C=O) groups is 1. The van der Waals surface area contributed by atoms with Crippen LogP contribution >= 0.6 is 12.6 Å². The van der Waals surface area contributed by atoms with E-state index in [1.807, 2.05) is 0 Å². The topological polar surface area (TPSA) is 40.5 Å². The molecule has 10 heavy (non-hydrogen) atoms. The number of rotatable bonds is 3. The molecule has 0 aliphatic carbocycles. The molecule has 3 radical (unpaired) electrons. The number of hydrogen-bond acceptors (Lipinski definition) is 3. The normalized spacial score (nSPS) is 12.4. The Morgan fingerprint density at radius 1 is 1.70 bits per heavy atom. The minimum absolute atomic E-state index is 0. The van der Waals surface area contributed by atoms with Crippen molar-refractivity contribution in [2.24, 2.45) is 0 Å². The Kier molecular flexibility index (Phi) is 8.34. The predicted octanol–water partition coefficient (Wildman–Crippen LogP) is -0.450. The van der Waals surface area contributed by atoms with Crippen LogP contribution in [0.3, 0.4) is 0 Å². The largest absolute Gasteiger partial charge is 0.480 e. The SMILES string of the molecule is CN(C)[C@@H](CS)C(=O)O.[Sb]. The average Bonchev–Trinajstić information content (AvgIpc) is 1.64. The third-order valence-electron chi connectivity index (χ3n) is 1.08. The maximum Gasteiger partial charge on any atom is 0.321 e. The molecule has 0 saturated carbocycles. The first-order valence-electron chi connectivity index (χ1n) is 2.59. The van der Waals surface area contributed by atoms with E-state index in [4.69, 9.17) is 5.11 Å². The fourth-order valence-corrected chi connectivity index (χ4v) is 0.945. The number of thiol groups is 1. The molecule has 1 N–H and O–H groups in total. The van der Waals surface area contributed by atoms with Crippen molar-refractivity contribution in [3.05, 3.63) is 0 Å². The van der Waals surface area contributed by atoms with Gasteiger partial charge in [0.25, 0.3) is 0 Å². The molecule has 0 aliphatic heterocycles. The molecule has 1 atom stereocenters. The zero-order valence-corrected chi connectivity index (χ0v) is 9.43. The Balaban J connectivity index is 0. The summed E-state index contributed by atoms with van der Waals surface area (Å²) in [4.78, 5) is 11.9. The maximum atomic E-state index is 10.3. The van der Waals surface area contributed by atoms with Gasteiger partial charge in [0.1, 0.15) is 6.04 Å². The molecular weight excluding hydrogens is 260 g/mol. The van der Waals surface area contributed by atoms with E-state index >= 15 is 0 Å². The molecule has 0 aliphatic rings. The van der Waals surface area contributed by atoms with Crippen LogP contribution in [-0.2, 0) is 4.79 Å². The van der Waals surface area contributed by atoms with Crippen molar-refractivity contribution >= 4 is 43.0 Å². The number of hydrogen-bond donors (Lipinski definition) is 2. The molecule has 0 bridgehead atoms. The number of likely N-dealkylation sites (N-methyl/N-ethyl adjacent to an activating group) is 1. The van der Waals surface area contributed by atoms with Gasteiger partial charge in [-0.2, -0.15) is 12.6 Å². The Morgan fingerprint density at radius 2 is 2.10 bits per heavy atom. The number of carboxylic acids is 1. The molecule has 0 rings (SSSR count). The van der Waals surface area contributed by atoms with Gasteiger partial charge in [-0.05, 0) is 14.1 Å².